The Kier molecular flexibility index (Phi) is 9.21. The number of sulfonamides is 1. The van der Waals surface area contributed by atoms with Crippen LogP contribution in [0.1, 0.15) is 59.9 Å². The second-order valence-electron chi connectivity index (χ2n) is 13.5. The van der Waals surface area contributed by atoms with Crippen molar-refractivity contribution in [3.8, 4) is 17.1 Å². The van der Waals surface area contributed by atoms with Crippen LogP contribution in [0.4, 0.5) is 5.88 Å². The van der Waals surface area contributed by atoms with E-state index in [2.05, 4.69) is 9.88 Å². The van der Waals surface area contributed by atoms with E-state index in [0.717, 1.165) is 11.1 Å². The van der Waals surface area contributed by atoms with Gasteiger partial charge in [-0.3, -0.25) is 14.2 Å². The number of hydrogen-bond donors (Lipinski definition) is 1. The van der Waals surface area contributed by atoms with Gasteiger partial charge < -0.3 is 19.1 Å². The number of anilines is 1. The molecule has 13 heteroatoms. The molecule has 0 spiro atoms. The number of para-hydroxylation sites is 1. The van der Waals surface area contributed by atoms with Crippen LogP contribution in [0.15, 0.2) is 70.1 Å². The van der Waals surface area contributed by atoms with Gasteiger partial charge in [-0.25, -0.2) is 13.1 Å². The third-order valence-electron chi connectivity index (χ3n) is 9.24. The number of aryl methyl sites for hydroxylation is 1. The van der Waals surface area contributed by atoms with E-state index >= 15 is 0 Å². The molecule has 50 heavy (non-hydrogen) atoms. The first-order valence-electron chi connectivity index (χ1n) is 16.5. The van der Waals surface area contributed by atoms with Crippen molar-refractivity contribution < 1.29 is 27.3 Å². The molecule has 0 aliphatic carbocycles. The van der Waals surface area contributed by atoms with Crippen LogP contribution < -0.4 is 9.46 Å². The van der Waals surface area contributed by atoms with E-state index < -0.39 is 15.4 Å². The quantitative estimate of drug-likeness (QED) is 0.177. The number of carbonyl (C=O) groups is 2. The first kappa shape index (κ1) is 34.7. The fraction of sp³-hybridized carbons (Fsp3) is 0.351. The molecule has 1 saturated heterocycles. The van der Waals surface area contributed by atoms with Gasteiger partial charge in [-0.1, -0.05) is 61.5 Å². The molecule has 2 aromatic heterocycles. The average molecular weight is 699 g/mol. The highest BCUT2D eigenvalue weighted by Gasteiger charge is 2.38. The minimum Gasteiger partial charge on any atom is -0.465 e. The lowest BCUT2D eigenvalue weighted by Crippen LogP contribution is -2.30. The Morgan fingerprint density at radius 1 is 1.04 bits per heavy atom. The van der Waals surface area contributed by atoms with Crippen molar-refractivity contribution in [3.05, 3.63) is 88.6 Å². The van der Waals surface area contributed by atoms with Gasteiger partial charge in [0, 0.05) is 43.7 Å². The first-order chi connectivity index (χ1) is 23.7. The molecule has 1 aliphatic rings. The molecule has 3 aromatic carbocycles. The average Bonchev–Trinajstić information content (AvgIpc) is 3.68. The normalized spacial score (nSPS) is 14.4. The predicted molar refractivity (Wildman–Crippen MR) is 190 cm³/mol. The molecule has 0 saturated carbocycles. The zero-order chi connectivity index (χ0) is 36.0. The molecule has 0 unspecified atom stereocenters. The van der Waals surface area contributed by atoms with E-state index in [4.69, 9.17) is 14.2 Å². The number of carbonyl (C=O) groups excluding carboxylic acids is 2. The maximum Gasteiger partial charge on any atom is 0.297 e. The van der Waals surface area contributed by atoms with E-state index in [9.17, 15) is 18.0 Å². The maximum absolute atomic E-state index is 13.9. The Morgan fingerprint density at radius 3 is 2.46 bits per heavy atom. The van der Waals surface area contributed by atoms with Gasteiger partial charge in [-0.2, -0.15) is 4.98 Å². The van der Waals surface area contributed by atoms with E-state index in [1.807, 2.05) is 54.5 Å². The molecular weight excluding hydrogens is 657 g/mol. The summed E-state index contributed by atoms with van der Waals surface area (Å²) in [6.07, 6.45) is 0.715. The van der Waals surface area contributed by atoms with Crippen LogP contribution in [-0.4, -0.2) is 72.0 Å². The molecule has 1 fully saturated rings. The summed E-state index contributed by atoms with van der Waals surface area (Å²) in [5.41, 5.74) is 5.24. The largest absolute Gasteiger partial charge is 0.465 e. The fourth-order valence-electron chi connectivity index (χ4n) is 6.30. The third kappa shape index (κ3) is 6.45. The number of fused-ring (bicyclic) bond motifs is 1. The SMILES string of the molecule is CCOc1nc2cccc(C(=O)N(C)C)c2n1Cc1ccc(-c2ccccc2S(=O)(=O)Nc2onc(C)c2C)c(CN2CCC(C)(C)C2=O)c1. The number of aromatic nitrogens is 3. The predicted octanol–water partition coefficient (Wildman–Crippen LogP) is 6.02. The van der Waals surface area contributed by atoms with Gasteiger partial charge >= 0.3 is 0 Å². The number of benzene rings is 3. The number of likely N-dealkylation sites (tertiary alicyclic amines) is 1. The zero-order valence-electron chi connectivity index (χ0n) is 29.4. The van der Waals surface area contributed by atoms with Crippen molar-refractivity contribution >= 4 is 38.8 Å². The highest BCUT2D eigenvalue weighted by molar-refractivity contribution is 7.92. The van der Waals surface area contributed by atoms with Gasteiger partial charge in [0.2, 0.25) is 11.8 Å². The summed E-state index contributed by atoms with van der Waals surface area (Å²) in [5, 5.41) is 3.89. The van der Waals surface area contributed by atoms with Crippen LogP contribution in [-0.2, 0) is 27.9 Å². The number of nitrogens with zero attached hydrogens (tertiary/aromatic N) is 5. The van der Waals surface area contributed by atoms with Gasteiger partial charge in [-0.15, -0.1) is 0 Å². The van der Waals surface area contributed by atoms with Gasteiger partial charge in [0.15, 0.2) is 0 Å². The molecule has 0 bridgehead atoms. The minimum absolute atomic E-state index is 0.0404. The molecule has 1 N–H and O–H groups in total. The number of ether oxygens (including phenoxy) is 1. The molecule has 6 rings (SSSR count). The third-order valence-corrected chi connectivity index (χ3v) is 10.6. The van der Waals surface area contributed by atoms with Crippen LogP contribution >= 0.6 is 0 Å². The molecule has 262 valence electrons. The van der Waals surface area contributed by atoms with Gasteiger partial charge in [-0.05, 0) is 62.1 Å². The number of amides is 2. The van der Waals surface area contributed by atoms with Crippen molar-refractivity contribution in [1.82, 2.24) is 24.5 Å². The van der Waals surface area contributed by atoms with E-state index in [0.29, 0.717) is 71.1 Å². The summed E-state index contributed by atoms with van der Waals surface area (Å²) in [7, 11) is -0.697. The Bertz CT molecular complexity index is 2220. The summed E-state index contributed by atoms with van der Waals surface area (Å²) >= 11 is 0. The second-order valence-corrected chi connectivity index (χ2v) is 15.1. The summed E-state index contributed by atoms with van der Waals surface area (Å²) in [6.45, 7) is 10.8. The van der Waals surface area contributed by atoms with Crippen LogP contribution in [0.2, 0.25) is 0 Å². The van der Waals surface area contributed by atoms with Crippen molar-refractivity contribution in [2.24, 2.45) is 5.41 Å². The van der Waals surface area contributed by atoms with E-state index in [1.54, 1.807) is 64.3 Å². The molecular formula is C37H42N6O6S. The number of nitrogens with one attached hydrogen (secondary N) is 1. The highest BCUT2D eigenvalue weighted by Crippen LogP contribution is 2.37. The zero-order valence-corrected chi connectivity index (χ0v) is 30.2. The fourth-order valence-corrected chi connectivity index (χ4v) is 7.57. The number of hydrogen-bond acceptors (Lipinski definition) is 8. The monoisotopic (exact) mass is 698 g/mol. The van der Waals surface area contributed by atoms with Gasteiger partial charge in [0.25, 0.3) is 21.9 Å². The van der Waals surface area contributed by atoms with Crippen LogP contribution in [0.5, 0.6) is 6.01 Å². The molecule has 2 amide bonds. The summed E-state index contributed by atoms with van der Waals surface area (Å²) in [4.78, 5) is 34.8. The molecule has 1 aliphatic heterocycles. The van der Waals surface area contributed by atoms with Crippen molar-refractivity contribution in [2.75, 3.05) is 32.0 Å². The van der Waals surface area contributed by atoms with Crippen molar-refractivity contribution in [3.63, 3.8) is 0 Å². The Morgan fingerprint density at radius 2 is 1.80 bits per heavy atom. The molecule has 3 heterocycles. The summed E-state index contributed by atoms with van der Waals surface area (Å²) < 4.78 is 43.4. The molecule has 5 aromatic rings. The van der Waals surface area contributed by atoms with Crippen molar-refractivity contribution in [1.29, 1.82) is 0 Å². The maximum atomic E-state index is 13.9. The lowest BCUT2D eigenvalue weighted by molar-refractivity contribution is -0.135. The van der Waals surface area contributed by atoms with Gasteiger partial charge in [0.05, 0.1) is 40.3 Å². The first-order valence-corrected chi connectivity index (χ1v) is 18.0. The number of imidazole rings is 1. The lowest BCUT2D eigenvalue weighted by atomic mass is 9.92. The minimum atomic E-state index is -4.11. The molecule has 12 nitrogen and oxygen atoms in total. The van der Waals surface area contributed by atoms with Crippen molar-refractivity contribution in [2.45, 2.75) is 59.0 Å². The van der Waals surface area contributed by atoms with E-state index in [-0.39, 0.29) is 29.1 Å². The Hall–Kier alpha value is -5.17. The van der Waals surface area contributed by atoms with E-state index in [1.165, 1.54) is 4.90 Å². The smallest absolute Gasteiger partial charge is 0.297 e. The Balaban J connectivity index is 1.48. The van der Waals surface area contributed by atoms with Gasteiger partial charge in [0.1, 0.15) is 0 Å². The topological polar surface area (TPSA) is 140 Å². The molecule has 0 atom stereocenters. The number of rotatable bonds is 11. The summed E-state index contributed by atoms with van der Waals surface area (Å²) in [5.74, 6) is -0.0608. The summed E-state index contributed by atoms with van der Waals surface area (Å²) in [6, 6.07) is 18.4. The van der Waals surface area contributed by atoms with Crippen LogP contribution in [0.25, 0.3) is 22.2 Å². The van der Waals surface area contributed by atoms with Crippen LogP contribution in [0.3, 0.4) is 0 Å². The molecule has 0 radical (unpaired) electrons. The van der Waals surface area contributed by atoms with Crippen LogP contribution in [0, 0.1) is 19.3 Å². The standard InChI is InChI=1S/C37H42N6O6S/c1-8-48-36-38-30-14-11-13-29(34(44)41(6)7)32(30)43(36)21-25-16-17-27(26(20-25)22-42-19-18-37(4,5)35(42)45)28-12-9-10-15-31(28)50(46,47)40-33-23(2)24(3)39-49-33/h9-17,20,40H,8,18-19,21-22H2,1-7H3. The lowest BCUT2D eigenvalue weighted by Gasteiger charge is -2.23. The Labute approximate surface area is 292 Å². The second kappa shape index (κ2) is 13.3. The highest BCUT2D eigenvalue weighted by atomic mass is 32.2.